The highest BCUT2D eigenvalue weighted by atomic mass is 28.4. The molecule has 1 saturated heterocycles. The summed E-state index contributed by atoms with van der Waals surface area (Å²) in [7, 11) is -2.32. The second-order valence-corrected chi connectivity index (χ2v) is 17.9. The minimum Gasteiger partial charge on any atom is -0.490 e. The van der Waals surface area contributed by atoms with Gasteiger partial charge in [-0.2, -0.15) is 0 Å². The molecule has 1 amide bonds. The highest BCUT2D eigenvalue weighted by Crippen LogP contribution is 2.50. The lowest BCUT2D eigenvalue weighted by Crippen LogP contribution is -2.58. The summed E-state index contributed by atoms with van der Waals surface area (Å²) < 4.78 is 62.9. The Hall–Kier alpha value is -2.76. The molecule has 0 unspecified atom stereocenters. The second-order valence-electron chi connectivity index (χ2n) is 13.5. The predicted octanol–water partition coefficient (Wildman–Crippen LogP) is 7.95. The quantitative estimate of drug-likeness (QED) is 0.271. The second kappa shape index (κ2) is 12.7. The van der Waals surface area contributed by atoms with E-state index in [0.717, 1.165) is 18.4 Å². The molecule has 1 aliphatic carbocycles. The Labute approximate surface area is 253 Å². The Morgan fingerprint density at radius 2 is 1.77 bits per heavy atom. The molecule has 1 aliphatic heterocycles. The Morgan fingerprint density at radius 3 is 2.33 bits per heavy atom. The average Bonchev–Trinajstić information content (AvgIpc) is 3.70. The molecule has 3 atom stereocenters. The van der Waals surface area contributed by atoms with Gasteiger partial charge in [0, 0.05) is 18.0 Å². The monoisotopic (exact) mass is 623 g/mol. The lowest BCUT2D eigenvalue weighted by molar-refractivity contribution is -0.274. The SMILES string of the molecule is CC(C)(C)OC(=O)N1CCC[C@@](C[C@@H](CO)c2cc(OC(F)(F)F)ccc2OC2CC2)(O[Si](C)(C)C)[C@H]1c1ccccc1. The average molecular weight is 624 g/mol. The van der Waals surface area contributed by atoms with Crippen molar-refractivity contribution in [3.8, 4) is 11.5 Å². The smallest absolute Gasteiger partial charge is 0.490 e. The van der Waals surface area contributed by atoms with E-state index in [1.54, 1.807) is 4.90 Å². The number of ether oxygens (including phenoxy) is 3. The molecule has 43 heavy (non-hydrogen) atoms. The molecule has 0 spiro atoms. The van der Waals surface area contributed by atoms with Gasteiger partial charge >= 0.3 is 12.5 Å². The number of aliphatic hydroxyl groups excluding tert-OH is 1. The predicted molar refractivity (Wildman–Crippen MR) is 160 cm³/mol. The van der Waals surface area contributed by atoms with Crippen molar-refractivity contribution < 1.29 is 41.7 Å². The number of alkyl halides is 3. The fourth-order valence-corrected chi connectivity index (χ4v) is 7.43. The molecule has 2 aliphatic rings. The number of carbonyl (C=O) groups excluding carboxylic acids is 1. The first kappa shape index (κ1) is 33.1. The number of hydrogen-bond donors (Lipinski definition) is 1. The number of halogens is 3. The molecule has 1 saturated carbocycles. The van der Waals surface area contributed by atoms with Gasteiger partial charge in [-0.05, 0) is 96.3 Å². The Bertz CT molecular complexity index is 1240. The van der Waals surface area contributed by atoms with E-state index in [4.69, 9.17) is 13.9 Å². The van der Waals surface area contributed by atoms with Gasteiger partial charge in [-0.3, -0.25) is 4.90 Å². The van der Waals surface area contributed by atoms with Crippen LogP contribution in [0.15, 0.2) is 48.5 Å². The molecule has 1 heterocycles. The van der Waals surface area contributed by atoms with E-state index in [2.05, 4.69) is 24.4 Å². The van der Waals surface area contributed by atoms with Crippen LogP contribution in [0.5, 0.6) is 11.5 Å². The largest absolute Gasteiger partial charge is 0.573 e. The van der Waals surface area contributed by atoms with Crippen LogP contribution in [0, 0.1) is 0 Å². The normalized spacial score (nSPS) is 22.2. The van der Waals surface area contributed by atoms with Gasteiger partial charge in [0.2, 0.25) is 0 Å². The summed E-state index contributed by atoms with van der Waals surface area (Å²) in [5.74, 6) is -0.648. The van der Waals surface area contributed by atoms with Gasteiger partial charge in [-0.25, -0.2) is 4.79 Å². The molecule has 238 valence electrons. The highest BCUT2D eigenvalue weighted by Gasteiger charge is 2.52. The maximum atomic E-state index is 13.7. The summed E-state index contributed by atoms with van der Waals surface area (Å²) in [6.45, 7) is 11.7. The first-order chi connectivity index (χ1) is 20.0. The third-order valence-electron chi connectivity index (χ3n) is 7.35. The minimum absolute atomic E-state index is 0.0194. The molecular weight excluding hydrogens is 579 g/mol. The summed E-state index contributed by atoms with van der Waals surface area (Å²) >= 11 is 0. The summed E-state index contributed by atoms with van der Waals surface area (Å²) in [6, 6.07) is 13.0. The first-order valence-corrected chi connectivity index (χ1v) is 18.3. The van der Waals surface area contributed by atoms with Crippen molar-refractivity contribution in [1.82, 2.24) is 4.90 Å². The molecule has 2 aromatic rings. The lowest BCUT2D eigenvalue weighted by Gasteiger charge is -2.53. The summed E-state index contributed by atoms with van der Waals surface area (Å²) in [5.41, 5.74) is -0.436. The van der Waals surface area contributed by atoms with Crippen molar-refractivity contribution in [3.05, 3.63) is 59.7 Å². The fraction of sp³-hybridized carbons (Fsp3) is 0.594. The number of hydrogen-bond acceptors (Lipinski definition) is 6. The maximum absolute atomic E-state index is 13.7. The Morgan fingerprint density at radius 1 is 1.09 bits per heavy atom. The maximum Gasteiger partial charge on any atom is 0.573 e. The summed E-state index contributed by atoms with van der Waals surface area (Å²) in [4.78, 5) is 15.4. The molecule has 1 N–H and O–H groups in total. The van der Waals surface area contributed by atoms with E-state index in [1.807, 2.05) is 51.1 Å². The summed E-state index contributed by atoms with van der Waals surface area (Å²) in [6.07, 6.45) is -2.23. The zero-order valence-electron chi connectivity index (χ0n) is 25.9. The number of rotatable bonds is 10. The van der Waals surface area contributed by atoms with Crippen molar-refractivity contribution in [3.63, 3.8) is 0 Å². The van der Waals surface area contributed by atoms with Crippen molar-refractivity contribution >= 4 is 14.4 Å². The molecule has 11 heteroatoms. The third-order valence-corrected chi connectivity index (χ3v) is 8.37. The highest BCUT2D eigenvalue weighted by molar-refractivity contribution is 6.69. The molecule has 0 aromatic heterocycles. The van der Waals surface area contributed by atoms with Crippen LogP contribution in [-0.2, 0) is 9.16 Å². The molecule has 7 nitrogen and oxygen atoms in total. The van der Waals surface area contributed by atoms with E-state index in [1.165, 1.54) is 18.2 Å². The van der Waals surface area contributed by atoms with Crippen molar-refractivity contribution in [2.24, 2.45) is 0 Å². The van der Waals surface area contributed by atoms with Crippen LogP contribution in [0.1, 0.15) is 76.0 Å². The number of benzene rings is 2. The minimum atomic E-state index is -4.87. The molecule has 2 aromatic carbocycles. The van der Waals surface area contributed by atoms with Crippen LogP contribution < -0.4 is 9.47 Å². The van der Waals surface area contributed by atoms with Crippen molar-refractivity contribution in [2.75, 3.05) is 13.2 Å². The van der Waals surface area contributed by atoms with Crippen LogP contribution in [0.4, 0.5) is 18.0 Å². The van der Waals surface area contributed by atoms with Gasteiger partial charge in [0.05, 0.1) is 24.4 Å². The van der Waals surface area contributed by atoms with Gasteiger partial charge in [-0.15, -0.1) is 13.2 Å². The molecule has 0 bridgehead atoms. The van der Waals surface area contributed by atoms with Gasteiger partial charge in [-0.1, -0.05) is 30.3 Å². The molecular formula is C32H44F3NO6Si. The zero-order valence-corrected chi connectivity index (χ0v) is 26.9. The number of nitrogens with zero attached hydrogens (tertiary/aromatic N) is 1. The molecule has 2 fully saturated rings. The van der Waals surface area contributed by atoms with Crippen LogP contribution in [-0.4, -0.2) is 61.2 Å². The number of amides is 1. The Balaban J connectivity index is 1.83. The zero-order chi connectivity index (χ0) is 31.6. The van der Waals surface area contributed by atoms with Crippen LogP contribution >= 0.6 is 0 Å². The Kier molecular flexibility index (Phi) is 9.78. The number of piperidine rings is 1. The fourth-order valence-electron chi connectivity index (χ4n) is 5.91. The topological polar surface area (TPSA) is 77.5 Å². The molecule has 4 rings (SSSR count). The standard InChI is InChI=1S/C32H44F3NO6Si/c1-30(2,3)41-29(38)36-18-10-17-31(42-43(4,5)6,28(36)22-11-8-7-9-12-22)20-23(21-37)26-19-25(40-32(33,34)35)15-16-27(26)39-24-13-14-24/h7-9,11-12,15-16,19,23-24,28,37H,10,13-14,17-18,20-21H2,1-6H3/t23-,28+,31-/m0/s1. The van der Waals surface area contributed by atoms with Crippen LogP contribution in [0.2, 0.25) is 19.6 Å². The van der Waals surface area contributed by atoms with Gasteiger partial charge in [0.25, 0.3) is 0 Å². The lowest BCUT2D eigenvalue weighted by atomic mass is 9.74. The van der Waals surface area contributed by atoms with E-state index < -0.39 is 43.9 Å². The van der Waals surface area contributed by atoms with Crippen LogP contribution in [0.25, 0.3) is 0 Å². The third kappa shape index (κ3) is 9.12. The molecule has 0 radical (unpaired) electrons. The van der Waals surface area contributed by atoms with E-state index >= 15 is 0 Å². The van der Waals surface area contributed by atoms with E-state index in [-0.39, 0.29) is 24.9 Å². The summed E-state index contributed by atoms with van der Waals surface area (Å²) in [5, 5.41) is 10.8. The van der Waals surface area contributed by atoms with Crippen LogP contribution in [0.3, 0.4) is 0 Å². The van der Waals surface area contributed by atoms with Gasteiger partial charge < -0.3 is 23.7 Å². The van der Waals surface area contributed by atoms with Gasteiger partial charge in [0.15, 0.2) is 8.32 Å². The van der Waals surface area contributed by atoms with Crippen molar-refractivity contribution in [1.29, 1.82) is 0 Å². The van der Waals surface area contributed by atoms with Crippen molar-refractivity contribution in [2.45, 2.75) is 108 Å². The number of aliphatic hydroxyl groups is 1. The van der Waals surface area contributed by atoms with E-state index in [0.29, 0.717) is 30.7 Å². The van der Waals surface area contributed by atoms with Gasteiger partial charge in [0.1, 0.15) is 17.1 Å². The number of likely N-dealkylation sites (tertiary alicyclic amines) is 1. The number of carbonyl (C=O) groups is 1. The van der Waals surface area contributed by atoms with E-state index in [9.17, 15) is 23.1 Å². The first-order valence-electron chi connectivity index (χ1n) is 14.9.